The summed E-state index contributed by atoms with van der Waals surface area (Å²) >= 11 is 4.60. The van der Waals surface area contributed by atoms with Gasteiger partial charge >= 0.3 is 0 Å². The van der Waals surface area contributed by atoms with Crippen LogP contribution in [0.3, 0.4) is 0 Å². The molecule has 2 rings (SSSR count). The first kappa shape index (κ1) is 19.2. The first-order chi connectivity index (χ1) is 11.4. The Morgan fingerprint density at radius 2 is 1.96 bits per heavy atom. The number of carbonyl (C=O) groups is 2. The van der Waals surface area contributed by atoms with E-state index in [1.165, 1.54) is 17.3 Å². The highest BCUT2D eigenvalue weighted by atomic mass is 79.9. The third-order valence-corrected chi connectivity index (χ3v) is 6.11. The number of ketones is 1. The van der Waals surface area contributed by atoms with Crippen LogP contribution in [0.1, 0.15) is 38.7 Å². The molecule has 0 spiro atoms. The fourth-order valence-electron chi connectivity index (χ4n) is 2.95. The highest BCUT2D eigenvalue weighted by Gasteiger charge is 2.48. The molecule has 1 aliphatic rings. The maximum Gasteiger partial charge on any atom is 0.200 e. The predicted molar refractivity (Wildman–Crippen MR) is 105 cm³/mol. The molecule has 1 saturated heterocycles. The van der Waals surface area contributed by atoms with Crippen molar-refractivity contribution in [2.75, 3.05) is 0 Å². The van der Waals surface area contributed by atoms with Crippen LogP contribution in [0.2, 0.25) is 0 Å². The van der Waals surface area contributed by atoms with Gasteiger partial charge in [0.1, 0.15) is 0 Å². The molecule has 1 fully saturated rings. The average Bonchev–Trinajstić information content (AvgIpc) is 2.75. The number of allylic oxidation sites excluding steroid dienone is 2. The first-order valence-corrected chi connectivity index (χ1v) is 9.80. The van der Waals surface area contributed by atoms with Gasteiger partial charge in [0.05, 0.1) is 10.7 Å². The second-order valence-corrected chi connectivity index (χ2v) is 8.78. The lowest BCUT2D eigenvalue weighted by Crippen LogP contribution is -2.28. The van der Waals surface area contributed by atoms with Crippen LogP contribution in [-0.4, -0.2) is 15.6 Å². The van der Waals surface area contributed by atoms with Crippen molar-refractivity contribution in [3.63, 3.8) is 0 Å². The summed E-state index contributed by atoms with van der Waals surface area (Å²) in [5, 5.41) is 0.0132. The van der Waals surface area contributed by atoms with Gasteiger partial charge in [-0.3, -0.25) is 9.59 Å². The Morgan fingerprint density at radius 1 is 1.29 bits per heavy atom. The summed E-state index contributed by atoms with van der Waals surface area (Å²) in [4.78, 5) is 24.9. The lowest BCUT2D eigenvalue weighted by Gasteiger charge is -2.16. The molecule has 24 heavy (non-hydrogen) atoms. The van der Waals surface area contributed by atoms with Crippen LogP contribution in [0.25, 0.3) is 0 Å². The first-order valence-electron chi connectivity index (χ1n) is 8.19. The number of unbranched alkanes of at least 4 members (excludes halogenated alkanes) is 1. The summed E-state index contributed by atoms with van der Waals surface area (Å²) in [6, 6.07) is 8.28. The smallest absolute Gasteiger partial charge is 0.200 e. The van der Waals surface area contributed by atoms with Crippen molar-refractivity contribution in [2.24, 2.45) is 5.92 Å². The van der Waals surface area contributed by atoms with E-state index in [0.717, 1.165) is 29.3 Å². The van der Waals surface area contributed by atoms with E-state index in [1.54, 1.807) is 6.08 Å². The number of hydrogen-bond acceptors (Lipinski definition) is 3. The summed E-state index contributed by atoms with van der Waals surface area (Å²) in [5.74, 6) is -0.416. The molecule has 2 atom stereocenters. The molecule has 1 aliphatic heterocycles. The Bertz CT molecular complexity index is 663. The van der Waals surface area contributed by atoms with E-state index in [4.69, 9.17) is 0 Å². The Labute approximate surface area is 156 Å². The summed E-state index contributed by atoms with van der Waals surface area (Å²) in [6.45, 7) is 7.46. The van der Waals surface area contributed by atoms with Gasteiger partial charge in [0, 0.05) is 4.47 Å². The number of Topliss-reactive ketones (excluding diaryl/α,β-unsaturated/α-hetero) is 1. The van der Waals surface area contributed by atoms with Gasteiger partial charge in [0.2, 0.25) is 5.12 Å². The van der Waals surface area contributed by atoms with Crippen LogP contribution in [0.4, 0.5) is 0 Å². The molecule has 0 radical (unpaired) electrons. The van der Waals surface area contributed by atoms with E-state index in [2.05, 4.69) is 34.6 Å². The number of hydrogen-bond donors (Lipinski definition) is 0. The van der Waals surface area contributed by atoms with Gasteiger partial charge in [-0.25, -0.2) is 0 Å². The van der Waals surface area contributed by atoms with E-state index in [1.807, 2.05) is 32.1 Å². The van der Waals surface area contributed by atoms with E-state index in [0.29, 0.717) is 6.42 Å². The maximum atomic E-state index is 12.7. The second kappa shape index (κ2) is 8.30. The van der Waals surface area contributed by atoms with Crippen LogP contribution in [0.5, 0.6) is 0 Å². The summed E-state index contributed by atoms with van der Waals surface area (Å²) in [6.07, 6.45) is 7.09. The van der Waals surface area contributed by atoms with E-state index < -0.39 is 10.7 Å². The average molecular weight is 407 g/mol. The molecule has 1 heterocycles. The van der Waals surface area contributed by atoms with Crippen molar-refractivity contribution in [3.8, 4) is 0 Å². The number of benzene rings is 1. The summed E-state index contributed by atoms with van der Waals surface area (Å²) in [7, 11) is 0. The fraction of sp³-hybridized carbons (Fsp3) is 0.400. The fourth-order valence-corrected chi connectivity index (χ4v) is 4.49. The van der Waals surface area contributed by atoms with Crippen LogP contribution in [-0.2, 0) is 16.0 Å². The third-order valence-electron chi connectivity index (χ3n) is 4.35. The molecule has 0 aliphatic carbocycles. The molecule has 1 aromatic rings. The molecule has 128 valence electrons. The molecule has 0 saturated carbocycles. The number of halogens is 1. The van der Waals surface area contributed by atoms with Crippen molar-refractivity contribution in [2.45, 2.75) is 44.3 Å². The van der Waals surface area contributed by atoms with Crippen molar-refractivity contribution in [3.05, 3.63) is 58.6 Å². The van der Waals surface area contributed by atoms with Crippen LogP contribution < -0.4 is 0 Å². The van der Waals surface area contributed by atoms with E-state index in [-0.39, 0.29) is 10.9 Å². The van der Waals surface area contributed by atoms with Crippen molar-refractivity contribution < 1.29 is 9.59 Å². The maximum absolute atomic E-state index is 12.7. The third kappa shape index (κ3) is 4.70. The highest BCUT2D eigenvalue weighted by molar-refractivity contribution is 9.10. The predicted octanol–water partition coefficient (Wildman–Crippen LogP) is 5.51. The van der Waals surface area contributed by atoms with Crippen LogP contribution in [0.15, 0.2) is 53.0 Å². The minimum Gasteiger partial charge on any atom is -0.297 e. The molecule has 0 amide bonds. The van der Waals surface area contributed by atoms with Gasteiger partial charge in [-0.05, 0) is 50.8 Å². The minimum absolute atomic E-state index is 0.0132. The topological polar surface area (TPSA) is 34.1 Å². The monoisotopic (exact) mass is 406 g/mol. The Morgan fingerprint density at radius 3 is 2.58 bits per heavy atom. The van der Waals surface area contributed by atoms with Gasteiger partial charge in [-0.15, -0.1) is 0 Å². The molecular formula is C20H23BrO2S. The summed E-state index contributed by atoms with van der Waals surface area (Å²) in [5.41, 5.74) is 2.22. The molecule has 0 aromatic heterocycles. The van der Waals surface area contributed by atoms with Gasteiger partial charge in [0.25, 0.3) is 0 Å². The molecule has 0 N–H and O–H groups in total. The van der Waals surface area contributed by atoms with Crippen LogP contribution >= 0.6 is 27.7 Å². The zero-order valence-electron chi connectivity index (χ0n) is 14.2. The molecule has 0 bridgehead atoms. The van der Waals surface area contributed by atoms with Crippen molar-refractivity contribution in [1.29, 1.82) is 0 Å². The van der Waals surface area contributed by atoms with E-state index in [9.17, 15) is 9.59 Å². The van der Waals surface area contributed by atoms with Crippen molar-refractivity contribution in [1.82, 2.24) is 0 Å². The number of aryl methyl sites for hydroxylation is 1. The SMILES string of the molecule is C=C/C(C)=C/[C@@]1(C)SC(=O)C(CCCCc2ccc(Br)cc2)C1=O. The lowest BCUT2D eigenvalue weighted by molar-refractivity contribution is -0.127. The lowest BCUT2D eigenvalue weighted by atomic mass is 9.89. The molecular weight excluding hydrogens is 384 g/mol. The molecule has 1 aromatic carbocycles. The second-order valence-electron chi connectivity index (χ2n) is 6.41. The number of thioether (sulfide) groups is 1. The van der Waals surface area contributed by atoms with Gasteiger partial charge in [-0.2, -0.15) is 0 Å². The number of rotatable bonds is 7. The van der Waals surface area contributed by atoms with E-state index >= 15 is 0 Å². The normalized spacial score (nSPS) is 24.5. The zero-order valence-corrected chi connectivity index (χ0v) is 16.6. The number of carbonyl (C=O) groups excluding carboxylic acids is 2. The quantitative estimate of drug-likeness (QED) is 0.340. The Hall–Kier alpha value is -1.13. The zero-order chi connectivity index (χ0) is 17.7. The molecule has 2 nitrogen and oxygen atoms in total. The summed E-state index contributed by atoms with van der Waals surface area (Å²) < 4.78 is 0.346. The molecule has 4 heteroatoms. The van der Waals surface area contributed by atoms with Gasteiger partial charge in [-0.1, -0.05) is 70.5 Å². The van der Waals surface area contributed by atoms with Gasteiger partial charge < -0.3 is 0 Å². The Kier molecular flexibility index (Phi) is 6.64. The minimum atomic E-state index is -0.730. The highest BCUT2D eigenvalue weighted by Crippen LogP contribution is 2.43. The molecule has 1 unspecified atom stereocenters. The van der Waals surface area contributed by atoms with Crippen molar-refractivity contribution >= 4 is 38.6 Å². The Balaban J connectivity index is 1.88. The largest absolute Gasteiger partial charge is 0.297 e. The van der Waals surface area contributed by atoms with Gasteiger partial charge in [0.15, 0.2) is 5.78 Å². The van der Waals surface area contributed by atoms with Crippen LogP contribution in [0, 0.1) is 5.92 Å². The standard InChI is InChI=1S/C20H23BrO2S/c1-4-14(2)13-20(3)18(22)17(19(23)24-20)8-6-5-7-15-9-11-16(21)12-10-15/h4,9-13,17H,1,5-8H2,2-3H3/b14-13+/t17?,20-/m1/s1.